The van der Waals surface area contributed by atoms with E-state index in [0.717, 1.165) is 33.8 Å². The fourth-order valence-corrected chi connectivity index (χ4v) is 7.13. The van der Waals surface area contributed by atoms with Crippen LogP contribution in [0.4, 0.5) is 0 Å². The minimum Gasteiger partial charge on any atom is -0.380 e. The van der Waals surface area contributed by atoms with Crippen LogP contribution in [0.25, 0.3) is 21.0 Å². The lowest BCUT2D eigenvalue weighted by molar-refractivity contribution is 0.0996. The van der Waals surface area contributed by atoms with E-state index in [9.17, 15) is 13.2 Å². The second kappa shape index (κ2) is 12.1. The van der Waals surface area contributed by atoms with E-state index in [4.69, 9.17) is 4.74 Å². The lowest BCUT2D eigenvalue weighted by Crippen LogP contribution is -2.32. The smallest absolute Gasteiger partial charge is 0.279 e. The first-order valence-corrected chi connectivity index (χ1v) is 14.9. The summed E-state index contributed by atoms with van der Waals surface area (Å²) in [6.07, 6.45) is 1.48. The van der Waals surface area contributed by atoms with Gasteiger partial charge < -0.3 is 9.30 Å². The van der Waals surface area contributed by atoms with Crippen molar-refractivity contribution in [2.45, 2.75) is 45.1 Å². The van der Waals surface area contributed by atoms with Crippen molar-refractivity contribution in [3.63, 3.8) is 0 Å². The number of carbonyl (C=O) groups excluding carboxylic acids is 1. The van der Waals surface area contributed by atoms with Gasteiger partial charge in [-0.2, -0.15) is 9.30 Å². The number of ether oxygens (including phenoxy) is 1. The van der Waals surface area contributed by atoms with Gasteiger partial charge in [-0.05, 0) is 55.5 Å². The Kier molecular flexibility index (Phi) is 8.91. The number of amides is 1. The molecule has 4 aromatic rings. The summed E-state index contributed by atoms with van der Waals surface area (Å²) in [5.41, 5.74) is 1.35. The Bertz CT molecular complexity index is 1550. The molecule has 9 heteroatoms. The van der Waals surface area contributed by atoms with Crippen molar-refractivity contribution in [1.82, 2.24) is 8.87 Å². The number of fused-ring (bicyclic) bond motifs is 3. The van der Waals surface area contributed by atoms with Crippen LogP contribution >= 0.6 is 11.3 Å². The van der Waals surface area contributed by atoms with Gasteiger partial charge >= 0.3 is 0 Å². The molecule has 3 aromatic carbocycles. The van der Waals surface area contributed by atoms with Crippen LogP contribution in [0.3, 0.4) is 0 Å². The molecule has 0 saturated heterocycles. The highest BCUT2D eigenvalue weighted by Crippen LogP contribution is 2.27. The van der Waals surface area contributed by atoms with E-state index < -0.39 is 15.9 Å². The predicted octanol–water partition coefficient (Wildman–Crippen LogP) is 5.44. The summed E-state index contributed by atoms with van der Waals surface area (Å²) in [6.45, 7) is 8.49. The fourth-order valence-electron chi connectivity index (χ4n) is 4.32. The maximum Gasteiger partial charge on any atom is 0.279 e. The van der Waals surface area contributed by atoms with Gasteiger partial charge in [0.15, 0.2) is 4.80 Å². The van der Waals surface area contributed by atoms with Gasteiger partial charge in [-0.25, -0.2) is 8.42 Å². The highest BCUT2D eigenvalue weighted by Gasteiger charge is 2.23. The van der Waals surface area contributed by atoms with E-state index >= 15 is 0 Å². The maximum atomic E-state index is 13.2. The zero-order valence-electron chi connectivity index (χ0n) is 21.5. The summed E-state index contributed by atoms with van der Waals surface area (Å²) in [7, 11) is -3.61. The first kappa shape index (κ1) is 27.2. The van der Waals surface area contributed by atoms with Crippen molar-refractivity contribution in [3.8, 4) is 0 Å². The van der Waals surface area contributed by atoms with E-state index in [1.165, 1.54) is 27.8 Å². The number of aromatic nitrogens is 1. The molecule has 0 atom stereocenters. The lowest BCUT2D eigenvalue weighted by Gasteiger charge is -2.21. The lowest BCUT2D eigenvalue weighted by atomic mass is 10.1. The molecule has 0 spiro atoms. The molecule has 0 N–H and O–H groups in total. The van der Waals surface area contributed by atoms with Crippen molar-refractivity contribution in [3.05, 3.63) is 71.0 Å². The van der Waals surface area contributed by atoms with Gasteiger partial charge in [-0.1, -0.05) is 55.5 Å². The third-order valence-corrected chi connectivity index (χ3v) is 9.16. The molecule has 196 valence electrons. The van der Waals surface area contributed by atoms with Gasteiger partial charge in [0, 0.05) is 37.2 Å². The molecule has 0 aliphatic heterocycles. The maximum absolute atomic E-state index is 13.2. The summed E-state index contributed by atoms with van der Waals surface area (Å²) in [5.74, 6) is -0.413. The average molecular weight is 540 g/mol. The van der Waals surface area contributed by atoms with Gasteiger partial charge in [-0.15, -0.1) is 0 Å². The first-order chi connectivity index (χ1) is 17.9. The van der Waals surface area contributed by atoms with E-state index in [1.807, 2.05) is 37.5 Å². The molecular formula is C28H33N3O4S2. The Labute approximate surface area is 222 Å². The molecule has 37 heavy (non-hydrogen) atoms. The summed E-state index contributed by atoms with van der Waals surface area (Å²) in [6, 6.07) is 18.4. The molecule has 0 bridgehead atoms. The van der Waals surface area contributed by atoms with Crippen LogP contribution in [0.15, 0.2) is 70.6 Å². The highest BCUT2D eigenvalue weighted by atomic mass is 32.2. The first-order valence-electron chi connectivity index (χ1n) is 12.7. The molecule has 0 aliphatic rings. The topological polar surface area (TPSA) is 81.0 Å². The van der Waals surface area contributed by atoms with Crippen LogP contribution < -0.4 is 4.80 Å². The van der Waals surface area contributed by atoms with Crippen LogP contribution in [0, 0.1) is 0 Å². The third kappa shape index (κ3) is 5.85. The Morgan fingerprint density at radius 3 is 2.35 bits per heavy atom. The molecule has 1 heterocycles. The molecule has 0 aliphatic carbocycles. The molecule has 7 nitrogen and oxygen atoms in total. The van der Waals surface area contributed by atoms with Crippen LogP contribution in [-0.2, 0) is 21.3 Å². The number of rotatable bonds is 11. The van der Waals surface area contributed by atoms with E-state index in [-0.39, 0.29) is 4.90 Å². The Morgan fingerprint density at radius 1 is 0.973 bits per heavy atom. The number of nitrogens with zero attached hydrogens (tertiary/aromatic N) is 3. The summed E-state index contributed by atoms with van der Waals surface area (Å²) >= 11 is 1.47. The molecule has 0 fully saturated rings. The molecule has 4 rings (SSSR count). The zero-order chi connectivity index (χ0) is 26.4. The molecule has 0 unspecified atom stereocenters. The summed E-state index contributed by atoms with van der Waals surface area (Å²) in [4.78, 5) is 18.4. The SMILES string of the molecule is CCCN(CCC)S(=O)(=O)c1ccc(C(=O)N=c2sc3c4ccccc4ccc3n2CCOCC)cc1. The van der Waals surface area contributed by atoms with E-state index in [2.05, 4.69) is 29.3 Å². The third-order valence-electron chi connectivity index (χ3n) is 6.12. The number of thiazole rings is 1. The Balaban J connectivity index is 1.71. The van der Waals surface area contributed by atoms with Gasteiger partial charge in [0.2, 0.25) is 10.0 Å². The van der Waals surface area contributed by atoms with Crippen molar-refractivity contribution >= 4 is 48.3 Å². The number of benzene rings is 3. The number of sulfonamides is 1. The van der Waals surface area contributed by atoms with Gasteiger partial charge in [0.25, 0.3) is 5.91 Å². The summed E-state index contributed by atoms with van der Waals surface area (Å²) in [5, 5.41) is 2.24. The quantitative estimate of drug-likeness (QED) is 0.238. The van der Waals surface area contributed by atoms with Crippen molar-refractivity contribution < 1.29 is 17.9 Å². The minimum atomic E-state index is -3.61. The second-order valence-corrected chi connectivity index (χ2v) is 11.6. The molecule has 1 amide bonds. The van der Waals surface area contributed by atoms with Gasteiger partial charge in [-0.3, -0.25) is 4.79 Å². The predicted molar refractivity (Wildman–Crippen MR) is 149 cm³/mol. The Morgan fingerprint density at radius 2 is 1.68 bits per heavy atom. The van der Waals surface area contributed by atoms with Crippen LogP contribution in [-0.4, -0.2) is 49.5 Å². The van der Waals surface area contributed by atoms with Crippen molar-refractivity contribution in [1.29, 1.82) is 0 Å². The fraction of sp³-hybridized carbons (Fsp3) is 0.357. The van der Waals surface area contributed by atoms with E-state index in [0.29, 0.717) is 43.2 Å². The monoisotopic (exact) mass is 539 g/mol. The second-order valence-electron chi connectivity index (χ2n) is 8.71. The molecular weight excluding hydrogens is 506 g/mol. The normalized spacial score (nSPS) is 12.7. The van der Waals surface area contributed by atoms with Crippen molar-refractivity contribution in [2.24, 2.45) is 4.99 Å². The van der Waals surface area contributed by atoms with Gasteiger partial charge in [0.1, 0.15) is 0 Å². The zero-order valence-corrected chi connectivity index (χ0v) is 23.1. The average Bonchev–Trinajstić information content (AvgIpc) is 3.26. The molecule has 0 radical (unpaired) electrons. The number of hydrogen-bond donors (Lipinski definition) is 0. The standard InChI is InChI=1S/C28H33N3O4S2/c1-4-17-30(18-5-2)37(33,34)23-14-11-22(12-15-23)27(32)29-28-31(19-20-35-6-3)25-16-13-21-9-7-8-10-24(21)26(25)36-28/h7-16H,4-6,17-20H2,1-3H3. The largest absolute Gasteiger partial charge is 0.380 e. The van der Waals surface area contributed by atoms with Crippen LogP contribution in [0.2, 0.25) is 0 Å². The molecule has 0 saturated carbocycles. The Hall–Kier alpha value is -2.85. The number of hydrogen-bond acceptors (Lipinski definition) is 5. The van der Waals surface area contributed by atoms with Crippen LogP contribution in [0.5, 0.6) is 0 Å². The van der Waals surface area contributed by atoms with Gasteiger partial charge in [0.05, 0.1) is 21.7 Å². The molecule has 1 aromatic heterocycles. The van der Waals surface area contributed by atoms with E-state index in [1.54, 1.807) is 12.1 Å². The minimum absolute atomic E-state index is 0.186. The number of carbonyl (C=O) groups is 1. The van der Waals surface area contributed by atoms with Crippen LogP contribution in [0.1, 0.15) is 44.0 Å². The summed E-state index contributed by atoms with van der Waals surface area (Å²) < 4.78 is 36.3. The highest BCUT2D eigenvalue weighted by molar-refractivity contribution is 7.89. The van der Waals surface area contributed by atoms with Crippen molar-refractivity contribution in [2.75, 3.05) is 26.3 Å².